The molecule has 0 unspecified atom stereocenters. The van der Waals surface area contributed by atoms with Crippen LogP contribution in [0.25, 0.3) is 27.8 Å². The molecule has 3 heterocycles. The highest BCUT2D eigenvalue weighted by atomic mass is 15.0. The maximum atomic E-state index is 5.95. The van der Waals surface area contributed by atoms with Gasteiger partial charge in [0.25, 0.3) is 0 Å². The molecule has 3 aromatic heterocycles. The van der Waals surface area contributed by atoms with E-state index in [2.05, 4.69) is 27.1 Å². The Morgan fingerprint density at radius 1 is 1.16 bits per heavy atom. The molecular formula is C14H11N5. The van der Waals surface area contributed by atoms with Crippen molar-refractivity contribution in [2.45, 2.75) is 0 Å². The second-order valence-corrected chi connectivity index (χ2v) is 4.43. The highest BCUT2D eigenvalue weighted by molar-refractivity contribution is 5.90. The lowest BCUT2D eigenvalue weighted by Gasteiger charge is -1.99. The number of para-hydroxylation sites is 1. The molecule has 1 aromatic carbocycles. The number of fused-ring (bicyclic) bond motifs is 2. The van der Waals surface area contributed by atoms with E-state index in [9.17, 15) is 0 Å². The van der Waals surface area contributed by atoms with Crippen LogP contribution in [-0.4, -0.2) is 19.4 Å². The number of hydrogen-bond acceptors (Lipinski definition) is 3. The molecule has 3 N–H and O–H groups in total. The minimum Gasteiger partial charge on any atom is -0.382 e. The predicted molar refractivity (Wildman–Crippen MR) is 74.7 cm³/mol. The number of H-pyrrole nitrogens is 1. The van der Waals surface area contributed by atoms with E-state index < -0.39 is 0 Å². The second-order valence-electron chi connectivity index (χ2n) is 4.43. The number of aromatic amines is 1. The molecule has 4 rings (SSSR count). The number of nitrogens with zero attached hydrogens (tertiary/aromatic N) is 3. The summed E-state index contributed by atoms with van der Waals surface area (Å²) in [5.74, 6) is 0.480. The van der Waals surface area contributed by atoms with Crippen molar-refractivity contribution in [3.8, 4) is 11.4 Å². The van der Waals surface area contributed by atoms with Crippen LogP contribution in [0.1, 0.15) is 0 Å². The van der Waals surface area contributed by atoms with E-state index in [0.29, 0.717) is 5.82 Å². The van der Waals surface area contributed by atoms with Gasteiger partial charge in [0.15, 0.2) is 0 Å². The number of imidazole rings is 1. The Morgan fingerprint density at radius 3 is 2.95 bits per heavy atom. The van der Waals surface area contributed by atoms with Gasteiger partial charge in [0, 0.05) is 23.3 Å². The van der Waals surface area contributed by atoms with E-state index in [-0.39, 0.29) is 0 Å². The second kappa shape index (κ2) is 3.58. The Bertz CT molecular complexity index is 854. The zero-order valence-corrected chi connectivity index (χ0v) is 10.0. The third kappa shape index (κ3) is 1.41. The third-order valence-corrected chi connectivity index (χ3v) is 3.26. The normalized spacial score (nSPS) is 11.4. The first kappa shape index (κ1) is 10.1. The van der Waals surface area contributed by atoms with Crippen LogP contribution >= 0.6 is 0 Å². The number of nitrogens with one attached hydrogen (secondary N) is 1. The number of nitrogen functional groups attached to an aromatic ring is 1. The van der Waals surface area contributed by atoms with Crippen molar-refractivity contribution >= 4 is 22.2 Å². The number of nitrogens with two attached hydrogens (primary N) is 1. The van der Waals surface area contributed by atoms with Crippen LogP contribution in [0, 0.1) is 0 Å². The van der Waals surface area contributed by atoms with Gasteiger partial charge in [0.1, 0.15) is 23.4 Å². The Balaban J connectivity index is 2.04. The molecule has 0 saturated carbocycles. The Hall–Kier alpha value is -2.82. The van der Waals surface area contributed by atoms with Crippen LogP contribution in [-0.2, 0) is 0 Å². The van der Waals surface area contributed by atoms with Crippen LogP contribution in [0.2, 0.25) is 0 Å². The average molecular weight is 249 g/mol. The van der Waals surface area contributed by atoms with Crippen molar-refractivity contribution in [2.24, 2.45) is 0 Å². The summed E-state index contributed by atoms with van der Waals surface area (Å²) in [6.45, 7) is 0. The van der Waals surface area contributed by atoms with Crippen LogP contribution in [0.5, 0.6) is 0 Å². The van der Waals surface area contributed by atoms with E-state index in [0.717, 1.165) is 27.8 Å². The number of hydrogen-bond donors (Lipinski definition) is 2. The van der Waals surface area contributed by atoms with E-state index in [1.807, 2.05) is 28.8 Å². The van der Waals surface area contributed by atoms with Gasteiger partial charge in [0.05, 0.1) is 5.69 Å². The fourth-order valence-corrected chi connectivity index (χ4v) is 2.37. The molecule has 19 heavy (non-hydrogen) atoms. The summed E-state index contributed by atoms with van der Waals surface area (Å²) in [7, 11) is 0. The first-order valence-corrected chi connectivity index (χ1v) is 5.98. The molecule has 0 aliphatic carbocycles. The summed E-state index contributed by atoms with van der Waals surface area (Å²) in [4.78, 5) is 11.9. The number of benzene rings is 1. The summed E-state index contributed by atoms with van der Waals surface area (Å²) < 4.78 is 1.88. The Labute approximate surface area is 108 Å². The zero-order valence-electron chi connectivity index (χ0n) is 10.0. The van der Waals surface area contributed by atoms with Gasteiger partial charge in [-0.25, -0.2) is 9.97 Å². The van der Waals surface area contributed by atoms with Gasteiger partial charge in [-0.05, 0) is 12.1 Å². The Kier molecular flexibility index (Phi) is 1.91. The smallest absolute Gasteiger partial charge is 0.150 e. The van der Waals surface area contributed by atoms with Crippen molar-refractivity contribution < 1.29 is 0 Å². The fourth-order valence-electron chi connectivity index (χ4n) is 2.37. The third-order valence-electron chi connectivity index (χ3n) is 3.26. The molecule has 0 bridgehead atoms. The summed E-state index contributed by atoms with van der Waals surface area (Å²) in [5.41, 5.74) is 9.63. The van der Waals surface area contributed by atoms with Gasteiger partial charge in [-0.3, -0.25) is 0 Å². The first-order chi connectivity index (χ1) is 9.33. The lowest BCUT2D eigenvalue weighted by Crippen LogP contribution is -1.95. The van der Waals surface area contributed by atoms with Crippen molar-refractivity contribution in [3.05, 3.63) is 49.1 Å². The largest absolute Gasteiger partial charge is 0.382 e. The molecule has 0 saturated heterocycles. The SMILES string of the molecule is Nc1nccn2cnc(-c3cc4ccccc4[nH]3)c12. The van der Waals surface area contributed by atoms with Gasteiger partial charge in [-0.2, -0.15) is 0 Å². The summed E-state index contributed by atoms with van der Waals surface area (Å²) in [6.07, 6.45) is 5.25. The molecule has 5 nitrogen and oxygen atoms in total. The molecule has 0 aliphatic rings. The lowest BCUT2D eigenvalue weighted by atomic mass is 10.2. The van der Waals surface area contributed by atoms with E-state index in [1.54, 1.807) is 12.5 Å². The molecule has 0 radical (unpaired) electrons. The number of aromatic nitrogens is 4. The van der Waals surface area contributed by atoms with Gasteiger partial charge in [-0.15, -0.1) is 0 Å². The molecule has 0 amide bonds. The highest BCUT2D eigenvalue weighted by Gasteiger charge is 2.12. The Morgan fingerprint density at radius 2 is 2.05 bits per heavy atom. The van der Waals surface area contributed by atoms with Crippen molar-refractivity contribution in [1.82, 2.24) is 19.4 Å². The monoisotopic (exact) mass is 249 g/mol. The molecule has 0 aliphatic heterocycles. The molecular weight excluding hydrogens is 238 g/mol. The van der Waals surface area contributed by atoms with Gasteiger partial charge >= 0.3 is 0 Å². The predicted octanol–water partition coefficient (Wildman–Crippen LogP) is 2.46. The lowest BCUT2D eigenvalue weighted by molar-refractivity contribution is 1.12. The molecule has 0 atom stereocenters. The topological polar surface area (TPSA) is 72.0 Å². The van der Waals surface area contributed by atoms with Gasteiger partial charge in [0.2, 0.25) is 0 Å². The first-order valence-electron chi connectivity index (χ1n) is 5.98. The standard InChI is InChI=1S/C14H11N5/c15-14-13-12(17-8-19(13)6-5-16-14)11-7-9-3-1-2-4-10(9)18-11/h1-8,18H,(H2,15,16). The van der Waals surface area contributed by atoms with E-state index in [4.69, 9.17) is 5.73 Å². The fraction of sp³-hybridized carbons (Fsp3) is 0. The number of rotatable bonds is 1. The van der Waals surface area contributed by atoms with Crippen LogP contribution in [0.4, 0.5) is 5.82 Å². The maximum Gasteiger partial charge on any atom is 0.150 e. The summed E-state index contributed by atoms with van der Waals surface area (Å²) >= 11 is 0. The molecule has 0 fully saturated rings. The van der Waals surface area contributed by atoms with Crippen molar-refractivity contribution in [2.75, 3.05) is 5.73 Å². The van der Waals surface area contributed by atoms with Crippen molar-refractivity contribution in [1.29, 1.82) is 0 Å². The summed E-state index contributed by atoms with van der Waals surface area (Å²) in [5, 5.41) is 1.15. The van der Waals surface area contributed by atoms with E-state index >= 15 is 0 Å². The molecule has 92 valence electrons. The van der Waals surface area contributed by atoms with Gasteiger partial charge < -0.3 is 15.1 Å². The quantitative estimate of drug-likeness (QED) is 0.544. The van der Waals surface area contributed by atoms with Crippen LogP contribution in [0.3, 0.4) is 0 Å². The maximum absolute atomic E-state index is 5.95. The average Bonchev–Trinajstić information content (AvgIpc) is 3.02. The zero-order chi connectivity index (χ0) is 12.8. The molecule has 4 aromatic rings. The molecule has 5 heteroatoms. The molecule has 0 spiro atoms. The minimum atomic E-state index is 0.480. The highest BCUT2D eigenvalue weighted by Crippen LogP contribution is 2.28. The van der Waals surface area contributed by atoms with Crippen LogP contribution < -0.4 is 5.73 Å². The summed E-state index contributed by atoms with van der Waals surface area (Å²) in [6, 6.07) is 10.2. The van der Waals surface area contributed by atoms with Crippen LogP contribution in [0.15, 0.2) is 49.1 Å². The van der Waals surface area contributed by atoms with E-state index in [1.165, 1.54) is 0 Å². The van der Waals surface area contributed by atoms with Gasteiger partial charge in [-0.1, -0.05) is 18.2 Å². The van der Waals surface area contributed by atoms with Crippen molar-refractivity contribution in [3.63, 3.8) is 0 Å². The number of anilines is 1. The minimum absolute atomic E-state index is 0.480.